The molecular weight excluding hydrogens is 338 g/mol. The summed E-state index contributed by atoms with van der Waals surface area (Å²) in [6.45, 7) is 6.93. The number of aromatic nitrogens is 2. The topological polar surface area (TPSA) is 47.4 Å². The van der Waals surface area contributed by atoms with Gasteiger partial charge in [-0.15, -0.1) is 0 Å². The van der Waals surface area contributed by atoms with Crippen LogP contribution >= 0.6 is 0 Å². The highest BCUT2D eigenvalue weighted by Gasteiger charge is 2.48. The van der Waals surface area contributed by atoms with E-state index in [1.54, 1.807) is 0 Å². The van der Waals surface area contributed by atoms with Crippen LogP contribution in [-0.2, 0) is 16.9 Å². The van der Waals surface area contributed by atoms with Crippen molar-refractivity contribution < 1.29 is 9.53 Å². The summed E-state index contributed by atoms with van der Waals surface area (Å²) in [6, 6.07) is 8.21. The number of piperidine rings is 1. The number of benzene rings is 1. The first kappa shape index (κ1) is 16.8. The fourth-order valence-electron chi connectivity index (χ4n) is 4.61. The van der Waals surface area contributed by atoms with E-state index in [-0.39, 0.29) is 11.5 Å². The molecule has 142 valence electrons. The van der Waals surface area contributed by atoms with Crippen LogP contribution in [0.3, 0.4) is 0 Å². The summed E-state index contributed by atoms with van der Waals surface area (Å²) in [5.74, 6) is 2.09. The Bertz CT molecular complexity index is 873. The minimum atomic E-state index is -0.380. The van der Waals surface area contributed by atoms with Crippen molar-refractivity contribution in [1.82, 2.24) is 14.5 Å². The Morgan fingerprint density at radius 3 is 2.70 bits per heavy atom. The number of likely N-dealkylation sites (tertiary alicyclic amines) is 1. The summed E-state index contributed by atoms with van der Waals surface area (Å²) >= 11 is 0. The molecule has 1 aromatic heterocycles. The Kier molecular flexibility index (Phi) is 3.81. The lowest BCUT2D eigenvalue weighted by molar-refractivity contribution is -0.136. The molecule has 1 saturated carbocycles. The molecular formula is C22H27N3O2. The maximum Gasteiger partial charge on any atom is 0.225 e. The molecule has 2 fully saturated rings. The van der Waals surface area contributed by atoms with Gasteiger partial charge in [-0.1, -0.05) is 26.0 Å². The van der Waals surface area contributed by atoms with Gasteiger partial charge in [0.05, 0.1) is 17.7 Å². The smallest absolute Gasteiger partial charge is 0.225 e. The van der Waals surface area contributed by atoms with Gasteiger partial charge in [-0.2, -0.15) is 0 Å². The average Bonchev–Trinajstić information content (AvgIpc) is 3.43. The van der Waals surface area contributed by atoms with Crippen LogP contribution in [-0.4, -0.2) is 33.4 Å². The number of hydrogen-bond acceptors (Lipinski definition) is 3. The first-order valence-corrected chi connectivity index (χ1v) is 10.2. The standard InChI is InChI=1S/C22H27N3O2/c1-15(2)13-25-14-23-19-17-5-3-4-6-18(17)27-22(20(19)25)9-11-24(12-10-22)21(26)16-7-8-16/h3-6,14-16H,7-13H2,1-2H3. The van der Waals surface area contributed by atoms with Crippen LogP contribution in [0, 0.1) is 11.8 Å². The second-order valence-corrected chi connectivity index (χ2v) is 8.68. The number of amides is 1. The predicted octanol–water partition coefficient (Wildman–Crippen LogP) is 3.83. The maximum atomic E-state index is 12.5. The molecule has 27 heavy (non-hydrogen) atoms. The number of carbonyl (C=O) groups excluding carboxylic acids is 1. The Labute approximate surface area is 160 Å². The normalized spacial score (nSPS) is 20.3. The van der Waals surface area contributed by atoms with Crippen molar-refractivity contribution in [3.63, 3.8) is 0 Å². The number of rotatable bonds is 3. The predicted molar refractivity (Wildman–Crippen MR) is 103 cm³/mol. The van der Waals surface area contributed by atoms with Gasteiger partial charge in [-0.25, -0.2) is 4.98 Å². The van der Waals surface area contributed by atoms with E-state index in [0.717, 1.165) is 62.3 Å². The molecule has 3 aliphatic rings. The first-order chi connectivity index (χ1) is 13.1. The number of imidazole rings is 1. The summed E-state index contributed by atoms with van der Waals surface area (Å²) in [7, 11) is 0. The molecule has 1 saturated heterocycles. The minimum Gasteiger partial charge on any atom is -0.480 e. The molecule has 1 amide bonds. The molecule has 0 radical (unpaired) electrons. The van der Waals surface area contributed by atoms with E-state index < -0.39 is 0 Å². The minimum absolute atomic E-state index is 0.286. The monoisotopic (exact) mass is 365 g/mol. The van der Waals surface area contributed by atoms with Crippen LogP contribution in [0.15, 0.2) is 30.6 Å². The zero-order chi connectivity index (χ0) is 18.6. The van der Waals surface area contributed by atoms with E-state index >= 15 is 0 Å². The fraction of sp³-hybridized carbons (Fsp3) is 0.545. The van der Waals surface area contributed by atoms with Gasteiger partial charge < -0.3 is 14.2 Å². The number of hydrogen-bond donors (Lipinski definition) is 0. The van der Waals surface area contributed by atoms with Gasteiger partial charge in [0, 0.05) is 44.0 Å². The Balaban J connectivity index is 1.52. The van der Waals surface area contributed by atoms with Gasteiger partial charge in [0.2, 0.25) is 5.91 Å². The quantitative estimate of drug-likeness (QED) is 0.831. The van der Waals surface area contributed by atoms with Crippen LogP contribution < -0.4 is 4.74 Å². The molecule has 3 heterocycles. The molecule has 1 aliphatic carbocycles. The maximum absolute atomic E-state index is 12.5. The first-order valence-electron chi connectivity index (χ1n) is 10.2. The third-order valence-corrected chi connectivity index (χ3v) is 6.09. The number of carbonyl (C=O) groups is 1. The summed E-state index contributed by atoms with van der Waals surface area (Å²) in [4.78, 5) is 19.4. The molecule has 2 aromatic rings. The molecule has 5 heteroatoms. The van der Waals surface area contributed by atoms with E-state index in [9.17, 15) is 4.79 Å². The molecule has 0 bridgehead atoms. The summed E-state index contributed by atoms with van der Waals surface area (Å²) in [5, 5.41) is 0. The van der Waals surface area contributed by atoms with Crippen molar-refractivity contribution in [2.45, 2.75) is 51.7 Å². The van der Waals surface area contributed by atoms with E-state index in [4.69, 9.17) is 9.72 Å². The van der Waals surface area contributed by atoms with E-state index in [0.29, 0.717) is 11.8 Å². The molecule has 2 aliphatic heterocycles. The molecule has 5 rings (SSSR count). The second kappa shape index (κ2) is 6.11. The van der Waals surface area contributed by atoms with E-state index in [2.05, 4.69) is 29.4 Å². The number of fused-ring (bicyclic) bond motifs is 4. The lowest BCUT2D eigenvalue weighted by Crippen LogP contribution is -2.50. The highest BCUT2D eigenvalue weighted by molar-refractivity contribution is 5.81. The Morgan fingerprint density at radius 2 is 2.00 bits per heavy atom. The average molecular weight is 365 g/mol. The third-order valence-electron chi connectivity index (χ3n) is 6.09. The van der Waals surface area contributed by atoms with Crippen LogP contribution in [0.4, 0.5) is 0 Å². The van der Waals surface area contributed by atoms with Crippen LogP contribution in [0.25, 0.3) is 11.3 Å². The van der Waals surface area contributed by atoms with Gasteiger partial charge in [0.15, 0.2) is 5.60 Å². The Morgan fingerprint density at radius 1 is 1.26 bits per heavy atom. The zero-order valence-electron chi connectivity index (χ0n) is 16.1. The van der Waals surface area contributed by atoms with Gasteiger partial charge in [-0.3, -0.25) is 4.79 Å². The second-order valence-electron chi connectivity index (χ2n) is 8.68. The van der Waals surface area contributed by atoms with Crippen molar-refractivity contribution in [3.05, 3.63) is 36.3 Å². The van der Waals surface area contributed by atoms with Gasteiger partial charge in [0.25, 0.3) is 0 Å². The highest BCUT2D eigenvalue weighted by atomic mass is 16.5. The summed E-state index contributed by atoms with van der Waals surface area (Å²) in [5.41, 5.74) is 2.96. The van der Waals surface area contributed by atoms with Gasteiger partial charge in [0.1, 0.15) is 5.75 Å². The summed E-state index contributed by atoms with van der Waals surface area (Å²) in [6.07, 6.45) is 5.76. The van der Waals surface area contributed by atoms with Crippen molar-refractivity contribution in [2.75, 3.05) is 13.1 Å². The highest BCUT2D eigenvalue weighted by Crippen LogP contribution is 2.49. The third kappa shape index (κ3) is 2.75. The fourth-order valence-corrected chi connectivity index (χ4v) is 4.61. The van der Waals surface area contributed by atoms with Crippen LogP contribution in [0.1, 0.15) is 45.2 Å². The van der Waals surface area contributed by atoms with Gasteiger partial charge >= 0.3 is 0 Å². The summed E-state index contributed by atoms with van der Waals surface area (Å²) < 4.78 is 8.96. The largest absolute Gasteiger partial charge is 0.480 e. The lowest BCUT2D eigenvalue weighted by atomic mass is 9.83. The van der Waals surface area contributed by atoms with Crippen molar-refractivity contribution in [2.24, 2.45) is 11.8 Å². The number of nitrogens with zero attached hydrogens (tertiary/aromatic N) is 3. The number of para-hydroxylation sites is 1. The van der Waals surface area contributed by atoms with Gasteiger partial charge in [-0.05, 0) is 30.9 Å². The molecule has 0 N–H and O–H groups in total. The molecule has 0 unspecified atom stereocenters. The molecule has 0 atom stereocenters. The van der Waals surface area contributed by atoms with Crippen LogP contribution in [0.2, 0.25) is 0 Å². The van der Waals surface area contributed by atoms with E-state index in [1.165, 1.54) is 5.69 Å². The van der Waals surface area contributed by atoms with Crippen molar-refractivity contribution in [3.8, 4) is 17.0 Å². The molecule has 1 aromatic carbocycles. The van der Waals surface area contributed by atoms with Crippen LogP contribution in [0.5, 0.6) is 5.75 Å². The SMILES string of the molecule is CC(C)Cn1cnc2c1C1(CCN(C(=O)C3CC3)CC1)Oc1ccccc1-2. The van der Waals surface area contributed by atoms with E-state index in [1.807, 2.05) is 24.5 Å². The lowest BCUT2D eigenvalue weighted by Gasteiger charge is -2.45. The number of ether oxygens (including phenoxy) is 1. The van der Waals surface area contributed by atoms with Crippen molar-refractivity contribution in [1.29, 1.82) is 0 Å². The Hall–Kier alpha value is -2.30. The molecule has 1 spiro atoms. The molecule has 5 nitrogen and oxygen atoms in total. The zero-order valence-corrected chi connectivity index (χ0v) is 16.1. The van der Waals surface area contributed by atoms with Crippen molar-refractivity contribution >= 4 is 5.91 Å².